The van der Waals surface area contributed by atoms with E-state index < -0.39 is 0 Å². The second kappa shape index (κ2) is 8.27. The largest absolute Gasteiger partial charge is 0.383 e. The SMILES string of the molecule is COCCNC(=O)c1cccc(C(=O)NCC(C)C)n1. The third kappa shape index (κ3) is 5.36. The Labute approximate surface area is 118 Å². The van der Waals surface area contributed by atoms with Crippen LogP contribution in [0.2, 0.25) is 0 Å². The molecule has 1 rings (SSSR count). The Kier molecular flexibility index (Phi) is 6.66. The minimum Gasteiger partial charge on any atom is -0.383 e. The Hall–Kier alpha value is -1.95. The number of hydrogen-bond donors (Lipinski definition) is 2. The second-order valence-corrected chi connectivity index (χ2v) is 4.76. The van der Waals surface area contributed by atoms with E-state index in [1.54, 1.807) is 25.3 Å². The lowest BCUT2D eigenvalue weighted by Gasteiger charge is -2.08. The minimum atomic E-state index is -0.319. The first-order valence-corrected chi connectivity index (χ1v) is 6.57. The van der Waals surface area contributed by atoms with Crippen molar-refractivity contribution in [2.75, 3.05) is 26.8 Å². The van der Waals surface area contributed by atoms with Crippen molar-refractivity contribution in [2.45, 2.75) is 13.8 Å². The van der Waals surface area contributed by atoms with Crippen molar-refractivity contribution in [2.24, 2.45) is 5.92 Å². The van der Waals surface area contributed by atoms with Gasteiger partial charge in [-0.05, 0) is 18.1 Å². The molecule has 2 N–H and O–H groups in total. The summed E-state index contributed by atoms with van der Waals surface area (Å²) in [4.78, 5) is 27.7. The van der Waals surface area contributed by atoms with Crippen molar-refractivity contribution < 1.29 is 14.3 Å². The van der Waals surface area contributed by atoms with E-state index in [1.807, 2.05) is 13.8 Å². The molecule has 0 atom stereocenters. The molecule has 0 spiro atoms. The monoisotopic (exact) mass is 279 g/mol. The highest BCUT2D eigenvalue weighted by molar-refractivity contribution is 5.96. The lowest BCUT2D eigenvalue weighted by Crippen LogP contribution is -2.30. The molecular weight excluding hydrogens is 258 g/mol. The van der Waals surface area contributed by atoms with Crippen LogP contribution >= 0.6 is 0 Å². The highest BCUT2D eigenvalue weighted by atomic mass is 16.5. The molecule has 0 aliphatic rings. The summed E-state index contributed by atoms with van der Waals surface area (Å²) in [6.45, 7) is 5.42. The fraction of sp³-hybridized carbons (Fsp3) is 0.500. The van der Waals surface area contributed by atoms with E-state index in [4.69, 9.17) is 4.74 Å². The Morgan fingerprint density at radius 3 is 2.35 bits per heavy atom. The zero-order valence-corrected chi connectivity index (χ0v) is 12.1. The van der Waals surface area contributed by atoms with Crippen LogP contribution < -0.4 is 10.6 Å². The Balaban J connectivity index is 2.65. The number of carbonyl (C=O) groups is 2. The van der Waals surface area contributed by atoms with Crippen molar-refractivity contribution in [3.63, 3.8) is 0 Å². The molecule has 0 saturated carbocycles. The molecule has 0 bridgehead atoms. The van der Waals surface area contributed by atoms with Gasteiger partial charge >= 0.3 is 0 Å². The summed E-state index contributed by atoms with van der Waals surface area (Å²) in [6.07, 6.45) is 0. The van der Waals surface area contributed by atoms with Crippen molar-refractivity contribution in [1.82, 2.24) is 15.6 Å². The summed E-state index contributed by atoms with van der Waals surface area (Å²) in [5.74, 6) is -0.231. The maximum absolute atomic E-state index is 11.9. The zero-order chi connectivity index (χ0) is 15.0. The molecule has 1 heterocycles. The number of aromatic nitrogens is 1. The van der Waals surface area contributed by atoms with Gasteiger partial charge in [-0.25, -0.2) is 4.98 Å². The molecule has 0 saturated heterocycles. The predicted molar refractivity (Wildman–Crippen MR) is 75.6 cm³/mol. The standard InChI is InChI=1S/C14H21N3O3/c1-10(2)9-16-14(19)12-6-4-5-11(17-12)13(18)15-7-8-20-3/h4-6,10H,7-9H2,1-3H3,(H,15,18)(H,16,19). The average Bonchev–Trinajstić information content (AvgIpc) is 2.45. The highest BCUT2D eigenvalue weighted by Crippen LogP contribution is 2.00. The van der Waals surface area contributed by atoms with Gasteiger partial charge in [0.05, 0.1) is 6.61 Å². The van der Waals surface area contributed by atoms with Crippen molar-refractivity contribution in [1.29, 1.82) is 0 Å². The molecule has 0 unspecified atom stereocenters. The first-order valence-electron chi connectivity index (χ1n) is 6.57. The van der Waals surface area contributed by atoms with Crippen LogP contribution in [0.15, 0.2) is 18.2 Å². The van der Waals surface area contributed by atoms with Gasteiger partial charge in [0, 0.05) is 20.2 Å². The van der Waals surface area contributed by atoms with Gasteiger partial charge in [-0.3, -0.25) is 9.59 Å². The normalized spacial score (nSPS) is 10.4. The molecule has 20 heavy (non-hydrogen) atoms. The van der Waals surface area contributed by atoms with Gasteiger partial charge in [0.15, 0.2) is 0 Å². The molecule has 2 amide bonds. The van der Waals surface area contributed by atoms with E-state index in [0.29, 0.717) is 25.6 Å². The fourth-order valence-corrected chi connectivity index (χ4v) is 1.43. The van der Waals surface area contributed by atoms with Gasteiger partial charge in [0.1, 0.15) is 11.4 Å². The summed E-state index contributed by atoms with van der Waals surface area (Å²) < 4.78 is 4.85. The Morgan fingerprint density at radius 2 is 1.80 bits per heavy atom. The van der Waals surface area contributed by atoms with E-state index in [2.05, 4.69) is 15.6 Å². The number of pyridine rings is 1. The molecule has 110 valence electrons. The fourth-order valence-electron chi connectivity index (χ4n) is 1.43. The van der Waals surface area contributed by atoms with E-state index >= 15 is 0 Å². The number of hydrogen-bond acceptors (Lipinski definition) is 4. The highest BCUT2D eigenvalue weighted by Gasteiger charge is 2.12. The van der Waals surface area contributed by atoms with E-state index in [9.17, 15) is 9.59 Å². The number of rotatable bonds is 7. The maximum atomic E-state index is 11.9. The topological polar surface area (TPSA) is 80.3 Å². The van der Waals surface area contributed by atoms with E-state index in [1.165, 1.54) is 0 Å². The Bertz CT molecular complexity index is 461. The predicted octanol–water partition coefficient (Wildman–Crippen LogP) is 0.844. The van der Waals surface area contributed by atoms with Gasteiger partial charge in [-0.2, -0.15) is 0 Å². The van der Waals surface area contributed by atoms with E-state index in [-0.39, 0.29) is 23.2 Å². The molecule has 0 aliphatic heterocycles. The van der Waals surface area contributed by atoms with Crippen LogP contribution in [0, 0.1) is 5.92 Å². The molecule has 6 heteroatoms. The number of ether oxygens (including phenoxy) is 1. The summed E-state index contributed by atoms with van der Waals surface area (Å²) in [7, 11) is 1.56. The number of amides is 2. The smallest absolute Gasteiger partial charge is 0.269 e. The number of nitrogens with one attached hydrogen (secondary N) is 2. The van der Waals surface area contributed by atoms with Crippen LogP contribution in [0.5, 0.6) is 0 Å². The van der Waals surface area contributed by atoms with Crippen LogP contribution in [0.3, 0.4) is 0 Å². The van der Waals surface area contributed by atoms with Crippen molar-refractivity contribution >= 4 is 11.8 Å². The third-order valence-electron chi connectivity index (χ3n) is 2.48. The summed E-state index contributed by atoms with van der Waals surface area (Å²) in [6, 6.07) is 4.80. The zero-order valence-electron chi connectivity index (χ0n) is 12.1. The molecule has 0 aromatic carbocycles. The van der Waals surface area contributed by atoms with Gasteiger partial charge < -0.3 is 15.4 Å². The van der Waals surface area contributed by atoms with Gasteiger partial charge in [0.2, 0.25) is 0 Å². The first kappa shape index (κ1) is 16.1. The van der Waals surface area contributed by atoms with Gasteiger partial charge in [-0.1, -0.05) is 19.9 Å². The quantitative estimate of drug-likeness (QED) is 0.725. The van der Waals surface area contributed by atoms with Crippen LogP contribution in [0.25, 0.3) is 0 Å². The number of carbonyl (C=O) groups excluding carboxylic acids is 2. The molecule has 0 aliphatic carbocycles. The van der Waals surface area contributed by atoms with Crippen LogP contribution in [-0.4, -0.2) is 43.6 Å². The van der Waals surface area contributed by atoms with Crippen molar-refractivity contribution in [3.05, 3.63) is 29.6 Å². The number of methoxy groups -OCH3 is 1. The molecule has 0 fully saturated rings. The number of nitrogens with zero attached hydrogens (tertiary/aromatic N) is 1. The van der Waals surface area contributed by atoms with Crippen LogP contribution in [0.4, 0.5) is 0 Å². The van der Waals surface area contributed by atoms with Gasteiger partial charge in [-0.15, -0.1) is 0 Å². The third-order valence-corrected chi connectivity index (χ3v) is 2.48. The molecular formula is C14H21N3O3. The van der Waals surface area contributed by atoms with Crippen LogP contribution in [-0.2, 0) is 4.74 Å². The van der Waals surface area contributed by atoms with Gasteiger partial charge in [0.25, 0.3) is 11.8 Å². The summed E-state index contributed by atoms with van der Waals surface area (Å²) in [5, 5.41) is 5.42. The maximum Gasteiger partial charge on any atom is 0.269 e. The Morgan fingerprint density at radius 1 is 1.20 bits per heavy atom. The van der Waals surface area contributed by atoms with Crippen LogP contribution in [0.1, 0.15) is 34.8 Å². The molecule has 1 aromatic rings. The summed E-state index contributed by atoms with van der Waals surface area (Å²) in [5.41, 5.74) is 0.461. The average molecular weight is 279 g/mol. The van der Waals surface area contributed by atoms with E-state index in [0.717, 1.165) is 0 Å². The summed E-state index contributed by atoms with van der Waals surface area (Å²) >= 11 is 0. The van der Waals surface area contributed by atoms with Crippen molar-refractivity contribution in [3.8, 4) is 0 Å². The minimum absolute atomic E-state index is 0.221. The lowest BCUT2D eigenvalue weighted by atomic mass is 10.2. The molecule has 1 aromatic heterocycles. The second-order valence-electron chi connectivity index (χ2n) is 4.76. The molecule has 0 radical (unpaired) electrons. The molecule has 6 nitrogen and oxygen atoms in total. The lowest BCUT2D eigenvalue weighted by molar-refractivity contribution is 0.0930. The first-order chi connectivity index (χ1) is 9.54.